The molecule has 1 heterocycles. The second kappa shape index (κ2) is 4.07. The van der Waals surface area contributed by atoms with E-state index in [0.717, 1.165) is 23.9 Å². The molecule has 1 saturated carbocycles. The van der Waals surface area contributed by atoms with Gasteiger partial charge in [0.25, 0.3) is 5.91 Å². The van der Waals surface area contributed by atoms with Gasteiger partial charge in [-0.2, -0.15) is 23.3 Å². The molecule has 0 bridgehead atoms. The van der Waals surface area contributed by atoms with Crippen molar-refractivity contribution in [1.29, 1.82) is 0 Å². The Morgan fingerprint density at radius 1 is 1.25 bits per heavy atom. The first-order chi connectivity index (χ1) is 9.31. The van der Waals surface area contributed by atoms with Crippen molar-refractivity contribution in [3.05, 3.63) is 29.8 Å². The topological polar surface area (TPSA) is 32.7 Å². The van der Waals surface area contributed by atoms with E-state index in [1.165, 1.54) is 18.2 Å². The molecule has 1 aliphatic carbocycles. The summed E-state index contributed by atoms with van der Waals surface area (Å²) in [6, 6.07) is 5.03. The number of para-hydroxylation sites is 1. The third-order valence-electron chi connectivity index (χ3n) is 3.91. The number of anilines is 1. The van der Waals surface area contributed by atoms with Gasteiger partial charge in [-0.3, -0.25) is 4.79 Å². The fourth-order valence-corrected chi connectivity index (χ4v) is 2.33. The van der Waals surface area contributed by atoms with Crippen LogP contribution in [0, 0.1) is 5.41 Å². The maximum atomic E-state index is 13.0. The molecule has 0 unspecified atom stereocenters. The van der Waals surface area contributed by atoms with Gasteiger partial charge in [0.1, 0.15) is 0 Å². The Morgan fingerprint density at radius 3 is 2.50 bits per heavy atom. The molecule has 0 saturated heterocycles. The van der Waals surface area contributed by atoms with Crippen molar-refractivity contribution in [3.63, 3.8) is 0 Å². The molecule has 0 spiro atoms. The fourth-order valence-electron chi connectivity index (χ4n) is 2.33. The van der Waals surface area contributed by atoms with E-state index in [4.69, 9.17) is 0 Å². The first-order valence-corrected chi connectivity index (χ1v) is 6.38. The van der Waals surface area contributed by atoms with E-state index in [0.29, 0.717) is 5.71 Å². The number of alkyl halides is 3. The van der Waals surface area contributed by atoms with E-state index in [9.17, 15) is 18.0 Å². The number of nitrogens with zero attached hydrogens (tertiary/aromatic N) is 2. The lowest BCUT2D eigenvalue weighted by Gasteiger charge is -2.18. The van der Waals surface area contributed by atoms with Crippen LogP contribution in [0.2, 0.25) is 0 Å². The molecule has 0 aromatic heterocycles. The molecule has 0 radical (unpaired) electrons. The number of hydrogen-bond acceptors (Lipinski definition) is 2. The largest absolute Gasteiger partial charge is 0.418 e. The lowest BCUT2D eigenvalue weighted by atomic mass is 10.0. The lowest BCUT2D eigenvalue weighted by molar-refractivity contribution is -0.137. The number of halogens is 3. The van der Waals surface area contributed by atoms with Crippen LogP contribution in [0.4, 0.5) is 18.9 Å². The van der Waals surface area contributed by atoms with Gasteiger partial charge in [-0.05, 0) is 25.0 Å². The Bertz CT molecular complexity index is 603. The number of rotatable bonds is 2. The summed E-state index contributed by atoms with van der Waals surface area (Å²) in [4.78, 5) is 12.0. The first kappa shape index (κ1) is 13.1. The summed E-state index contributed by atoms with van der Waals surface area (Å²) >= 11 is 0. The van der Waals surface area contributed by atoms with Crippen LogP contribution < -0.4 is 5.01 Å². The van der Waals surface area contributed by atoms with Crippen LogP contribution in [0.1, 0.15) is 31.7 Å². The minimum atomic E-state index is -4.50. The van der Waals surface area contributed by atoms with Gasteiger partial charge in [-0.25, -0.2) is 0 Å². The summed E-state index contributed by atoms with van der Waals surface area (Å²) in [5.74, 6) is -0.398. The Hall–Kier alpha value is -1.85. The zero-order chi connectivity index (χ0) is 14.5. The van der Waals surface area contributed by atoms with Gasteiger partial charge < -0.3 is 0 Å². The number of hydrogen-bond donors (Lipinski definition) is 0. The van der Waals surface area contributed by atoms with Crippen molar-refractivity contribution < 1.29 is 18.0 Å². The number of carbonyl (C=O) groups is 1. The van der Waals surface area contributed by atoms with Crippen LogP contribution in [-0.2, 0) is 11.0 Å². The third-order valence-corrected chi connectivity index (χ3v) is 3.91. The number of hydrazone groups is 1. The molecule has 0 N–H and O–H groups in total. The second-order valence-corrected chi connectivity index (χ2v) is 5.50. The molecule has 6 heteroatoms. The SMILES string of the molecule is CC1(C2=NN(c3ccccc3C(F)(F)F)C(=O)C2)CC1. The quantitative estimate of drug-likeness (QED) is 0.815. The lowest BCUT2D eigenvalue weighted by Crippen LogP contribution is -2.23. The van der Waals surface area contributed by atoms with E-state index < -0.39 is 17.6 Å². The molecule has 1 aliphatic heterocycles. The fraction of sp³-hybridized carbons (Fsp3) is 0.429. The van der Waals surface area contributed by atoms with Crippen molar-refractivity contribution in [1.82, 2.24) is 0 Å². The number of benzene rings is 1. The van der Waals surface area contributed by atoms with E-state index in [-0.39, 0.29) is 17.5 Å². The molecule has 2 aliphatic rings. The van der Waals surface area contributed by atoms with E-state index in [1.54, 1.807) is 0 Å². The highest BCUT2D eigenvalue weighted by Crippen LogP contribution is 2.49. The van der Waals surface area contributed by atoms with Crippen LogP contribution in [0.15, 0.2) is 29.4 Å². The van der Waals surface area contributed by atoms with Gasteiger partial charge in [0.15, 0.2) is 0 Å². The molecule has 1 fully saturated rings. The van der Waals surface area contributed by atoms with Crippen molar-refractivity contribution in [2.45, 2.75) is 32.4 Å². The monoisotopic (exact) mass is 282 g/mol. The van der Waals surface area contributed by atoms with Crippen LogP contribution in [0.5, 0.6) is 0 Å². The van der Waals surface area contributed by atoms with Crippen LogP contribution in [0.3, 0.4) is 0 Å². The highest BCUT2D eigenvalue weighted by atomic mass is 19.4. The van der Waals surface area contributed by atoms with Crippen molar-refractivity contribution in [3.8, 4) is 0 Å². The minimum Gasteiger partial charge on any atom is -0.272 e. The summed E-state index contributed by atoms with van der Waals surface area (Å²) in [6.45, 7) is 1.98. The third kappa shape index (κ3) is 2.09. The van der Waals surface area contributed by atoms with E-state index in [1.807, 2.05) is 6.92 Å². The summed E-state index contributed by atoms with van der Waals surface area (Å²) in [6.07, 6.45) is -2.51. The average molecular weight is 282 g/mol. The molecule has 106 valence electrons. The van der Waals surface area contributed by atoms with Gasteiger partial charge in [0, 0.05) is 5.41 Å². The molecule has 3 rings (SSSR count). The molecular formula is C14H13F3N2O. The summed E-state index contributed by atoms with van der Waals surface area (Å²) < 4.78 is 39.0. The van der Waals surface area contributed by atoms with E-state index in [2.05, 4.69) is 5.10 Å². The van der Waals surface area contributed by atoms with Crippen molar-refractivity contribution in [2.75, 3.05) is 5.01 Å². The highest BCUT2D eigenvalue weighted by molar-refractivity contribution is 6.15. The summed E-state index contributed by atoms with van der Waals surface area (Å²) in [5.41, 5.74) is -0.430. The molecule has 20 heavy (non-hydrogen) atoms. The normalized spacial score (nSPS) is 21.1. The summed E-state index contributed by atoms with van der Waals surface area (Å²) in [7, 11) is 0. The standard InChI is InChI=1S/C14H13F3N2O/c1-13(6-7-13)11-8-12(20)19(18-11)10-5-3-2-4-9(10)14(15,16)17/h2-5H,6-8H2,1H3. The van der Waals surface area contributed by atoms with Gasteiger partial charge in [-0.1, -0.05) is 19.1 Å². The Labute approximate surface area is 114 Å². The molecule has 1 amide bonds. The summed E-state index contributed by atoms with van der Waals surface area (Å²) in [5, 5.41) is 5.05. The molecule has 3 nitrogen and oxygen atoms in total. The van der Waals surface area contributed by atoms with Crippen LogP contribution in [-0.4, -0.2) is 11.6 Å². The molecule has 1 aromatic rings. The minimum absolute atomic E-state index is 0.0996. The molecule has 1 aromatic carbocycles. The van der Waals surface area contributed by atoms with Gasteiger partial charge in [-0.15, -0.1) is 0 Å². The van der Waals surface area contributed by atoms with Gasteiger partial charge in [0.05, 0.1) is 23.4 Å². The predicted molar refractivity (Wildman–Crippen MR) is 68.3 cm³/mol. The predicted octanol–water partition coefficient (Wildman–Crippen LogP) is 3.60. The Balaban J connectivity index is 2.02. The van der Waals surface area contributed by atoms with Crippen molar-refractivity contribution >= 4 is 17.3 Å². The van der Waals surface area contributed by atoms with Gasteiger partial charge >= 0.3 is 6.18 Å². The Kier molecular flexibility index (Phi) is 2.68. The average Bonchev–Trinajstić information content (AvgIpc) is 3.00. The van der Waals surface area contributed by atoms with Crippen molar-refractivity contribution in [2.24, 2.45) is 10.5 Å². The molecular weight excluding hydrogens is 269 g/mol. The van der Waals surface area contributed by atoms with Crippen LogP contribution >= 0.6 is 0 Å². The highest BCUT2D eigenvalue weighted by Gasteiger charge is 2.47. The van der Waals surface area contributed by atoms with Gasteiger partial charge in [0.2, 0.25) is 0 Å². The Morgan fingerprint density at radius 2 is 1.90 bits per heavy atom. The second-order valence-electron chi connectivity index (χ2n) is 5.50. The zero-order valence-electron chi connectivity index (χ0n) is 10.9. The first-order valence-electron chi connectivity index (χ1n) is 6.38. The molecule has 0 atom stereocenters. The van der Waals surface area contributed by atoms with Crippen LogP contribution in [0.25, 0.3) is 0 Å². The zero-order valence-corrected chi connectivity index (χ0v) is 10.9. The smallest absolute Gasteiger partial charge is 0.272 e. The maximum absolute atomic E-state index is 13.0. The number of amides is 1. The number of carbonyl (C=O) groups excluding carboxylic acids is 1. The maximum Gasteiger partial charge on any atom is 0.418 e. The van der Waals surface area contributed by atoms with E-state index >= 15 is 0 Å².